The minimum Gasteiger partial charge on any atom is -0.447 e. The molecule has 1 heterocycles. The van der Waals surface area contributed by atoms with Crippen LogP contribution in [-0.2, 0) is 4.74 Å². The van der Waals surface area contributed by atoms with E-state index in [0.717, 1.165) is 25.9 Å². The van der Waals surface area contributed by atoms with Crippen molar-refractivity contribution in [1.29, 1.82) is 0 Å². The maximum absolute atomic E-state index is 11.4. The van der Waals surface area contributed by atoms with Gasteiger partial charge in [-0.05, 0) is 39.7 Å². The Balaban J connectivity index is 2.19. The van der Waals surface area contributed by atoms with Crippen molar-refractivity contribution in [2.24, 2.45) is 0 Å². The monoisotopic (exact) mass is 228 g/mol. The lowest BCUT2D eigenvalue weighted by molar-refractivity contribution is 0.106. The zero-order chi connectivity index (χ0) is 12.0. The van der Waals surface area contributed by atoms with E-state index in [4.69, 9.17) is 4.74 Å². The van der Waals surface area contributed by atoms with Crippen LogP contribution in [0.15, 0.2) is 0 Å². The standard InChI is InChI=1S/C12H24N2O2/c1-4-7-14-8-5-11(6-9-14)13-12(15)16-10(2)3/h10-11H,4-9H2,1-3H3,(H,13,15). The second kappa shape index (κ2) is 6.74. The largest absolute Gasteiger partial charge is 0.447 e. The lowest BCUT2D eigenvalue weighted by Crippen LogP contribution is -2.45. The number of carbonyl (C=O) groups excluding carboxylic acids is 1. The molecule has 1 rings (SSSR count). The number of nitrogens with one attached hydrogen (secondary N) is 1. The van der Waals surface area contributed by atoms with Crippen LogP contribution in [-0.4, -0.2) is 42.8 Å². The van der Waals surface area contributed by atoms with Crippen molar-refractivity contribution in [3.05, 3.63) is 0 Å². The van der Waals surface area contributed by atoms with Gasteiger partial charge in [0.2, 0.25) is 0 Å². The maximum Gasteiger partial charge on any atom is 0.407 e. The highest BCUT2D eigenvalue weighted by Gasteiger charge is 2.20. The van der Waals surface area contributed by atoms with E-state index in [9.17, 15) is 4.79 Å². The number of likely N-dealkylation sites (tertiary alicyclic amines) is 1. The van der Waals surface area contributed by atoms with E-state index in [1.165, 1.54) is 13.0 Å². The van der Waals surface area contributed by atoms with E-state index in [2.05, 4.69) is 17.1 Å². The number of carbonyl (C=O) groups is 1. The molecule has 1 aliphatic heterocycles. The molecule has 0 radical (unpaired) electrons. The van der Waals surface area contributed by atoms with Gasteiger partial charge in [-0.1, -0.05) is 6.92 Å². The molecular weight excluding hydrogens is 204 g/mol. The molecule has 16 heavy (non-hydrogen) atoms. The van der Waals surface area contributed by atoms with Crippen LogP contribution in [0.2, 0.25) is 0 Å². The number of ether oxygens (including phenoxy) is 1. The van der Waals surface area contributed by atoms with Crippen LogP contribution in [0.25, 0.3) is 0 Å². The van der Waals surface area contributed by atoms with Crippen LogP contribution in [0.5, 0.6) is 0 Å². The Morgan fingerprint density at radius 3 is 2.56 bits per heavy atom. The number of amides is 1. The first kappa shape index (κ1) is 13.3. The van der Waals surface area contributed by atoms with E-state index in [1.54, 1.807) is 0 Å². The van der Waals surface area contributed by atoms with E-state index in [0.29, 0.717) is 6.04 Å². The Labute approximate surface area is 98.3 Å². The molecule has 4 nitrogen and oxygen atoms in total. The number of hydrogen-bond donors (Lipinski definition) is 1. The number of piperidine rings is 1. The molecule has 0 aromatic heterocycles. The van der Waals surface area contributed by atoms with Crippen molar-refractivity contribution in [2.45, 2.75) is 52.2 Å². The fourth-order valence-corrected chi connectivity index (χ4v) is 2.03. The van der Waals surface area contributed by atoms with Gasteiger partial charge in [-0.15, -0.1) is 0 Å². The van der Waals surface area contributed by atoms with Crippen molar-refractivity contribution in [3.8, 4) is 0 Å². The molecule has 0 unspecified atom stereocenters. The summed E-state index contributed by atoms with van der Waals surface area (Å²) in [6.45, 7) is 9.27. The summed E-state index contributed by atoms with van der Waals surface area (Å²) in [5, 5.41) is 2.93. The van der Waals surface area contributed by atoms with Gasteiger partial charge in [0.25, 0.3) is 0 Å². The van der Waals surface area contributed by atoms with Gasteiger partial charge in [-0.2, -0.15) is 0 Å². The summed E-state index contributed by atoms with van der Waals surface area (Å²) in [4.78, 5) is 13.8. The molecule has 0 spiro atoms. The van der Waals surface area contributed by atoms with Gasteiger partial charge >= 0.3 is 6.09 Å². The average molecular weight is 228 g/mol. The first-order valence-corrected chi connectivity index (χ1v) is 6.31. The molecule has 0 aliphatic carbocycles. The third-order valence-electron chi connectivity index (χ3n) is 2.79. The molecule has 1 amide bonds. The van der Waals surface area contributed by atoms with E-state index in [-0.39, 0.29) is 12.2 Å². The van der Waals surface area contributed by atoms with Gasteiger partial charge in [0.1, 0.15) is 0 Å². The third kappa shape index (κ3) is 4.84. The number of rotatable bonds is 4. The molecule has 0 aromatic rings. The highest BCUT2D eigenvalue weighted by Crippen LogP contribution is 2.10. The number of alkyl carbamates (subject to hydrolysis) is 1. The summed E-state index contributed by atoms with van der Waals surface area (Å²) < 4.78 is 5.06. The van der Waals surface area contributed by atoms with Gasteiger partial charge in [0, 0.05) is 19.1 Å². The van der Waals surface area contributed by atoms with Gasteiger partial charge in [0.05, 0.1) is 6.10 Å². The molecule has 0 aromatic carbocycles. The Morgan fingerprint density at radius 2 is 2.06 bits per heavy atom. The minimum atomic E-state index is -0.274. The van der Waals surface area contributed by atoms with Gasteiger partial charge in [-0.25, -0.2) is 4.79 Å². The quantitative estimate of drug-likeness (QED) is 0.800. The molecule has 4 heteroatoms. The second-order valence-corrected chi connectivity index (χ2v) is 4.71. The molecule has 0 bridgehead atoms. The lowest BCUT2D eigenvalue weighted by atomic mass is 10.1. The van der Waals surface area contributed by atoms with Crippen LogP contribution in [0.4, 0.5) is 4.79 Å². The Kier molecular flexibility index (Phi) is 5.60. The first-order valence-electron chi connectivity index (χ1n) is 6.31. The van der Waals surface area contributed by atoms with Crippen molar-refractivity contribution in [2.75, 3.05) is 19.6 Å². The molecule has 0 atom stereocenters. The smallest absolute Gasteiger partial charge is 0.407 e. The van der Waals surface area contributed by atoms with Crippen LogP contribution in [0.1, 0.15) is 40.0 Å². The van der Waals surface area contributed by atoms with Crippen molar-refractivity contribution in [3.63, 3.8) is 0 Å². The number of nitrogens with zero attached hydrogens (tertiary/aromatic N) is 1. The molecular formula is C12H24N2O2. The fourth-order valence-electron chi connectivity index (χ4n) is 2.03. The predicted molar refractivity (Wildman–Crippen MR) is 64.5 cm³/mol. The first-order chi connectivity index (χ1) is 7.61. The van der Waals surface area contributed by atoms with Crippen molar-refractivity contribution < 1.29 is 9.53 Å². The second-order valence-electron chi connectivity index (χ2n) is 4.71. The zero-order valence-electron chi connectivity index (χ0n) is 10.7. The van der Waals surface area contributed by atoms with Crippen LogP contribution in [0.3, 0.4) is 0 Å². The predicted octanol–water partition coefficient (Wildman–Crippen LogP) is 2.00. The van der Waals surface area contributed by atoms with Crippen LogP contribution < -0.4 is 5.32 Å². The molecule has 1 aliphatic rings. The summed E-state index contributed by atoms with van der Waals surface area (Å²) >= 11 is 0. The molecule has 94 valence electrons. The van der Waals surface area contributed by atoms with Crippen molar-refractivity contribution in [1.82, 2.24) is 10.2 Å². The summed E-state index contributed by atoms with van der Waals surface area (Å²) in [5.74, 6) is 0. The van der Waals surface area contributed by atoms with Gasteiger partial charge in [-0.3, -0.25) is 0 Å². The third-order valence-corrected chi connectivity index (χ3v) is 2.79. The Bertz CT molecular complexity index is 211. The molecule has 1 fully saturated rings. The topological polar surface area (TPSA) is 41.6 Å². The van der Waals surface area contributed by atoms with E-state index < -0.39 is 0 Å². The van der Waals surface area contributed by atoms with Gasteiger partial charge in [0.15, 0.2) is 0 Å². The highest BCUT2D eigenvalue weighted by atomic mass is 16.6. The minimum absolute atomic E-state index is 0.0415. The highest BCUT2D eigenvalue weighted by molar-refractivity contribution is 5.67. The lowest BCUT2D eigenvalue weighted by Gasteiger charge is -2.31. The molecule has 1 saturated heterocycles. The summed E-state index contributed by atoms with van der Waals surface area (Å²) in [5.41, 5.74) is 0. The molecule has 0 saturated carbocycles. The van der Waals surface area contributed by atoms with Crippen LogP contribution >= 0.6 is 0 Å². The van der Waals surface area contributed by atoms with Gasteiger partial charge < -0.3 is 15.0 Å². The normalized spacial score (nSPS) is 18.8. The number of hydrogen-bond acceptors (Lipinski definition) is 3. The fraction of sp³-hybridized carbons (Fsp3) is 0.917. The molecule has 1 N–H and O–H groups in total. The average Bonchev–Trinajstić information content (AvgIpc) is 2.20. The van der Waals surface area contributed by atoms with E-state index in [1.807, 2.05) is 13.8 Å². The summed E-state index contributed by atoms with van der Waals surface area (Å²) in [7, 11) is 0. The van der Waals surface area contributed by atoms with Crippen LogP contribution in [0, 0.1) is 0 Å². The Hall–Kier alpha value is -0.770. The summed E-state index contributed by atoms with van der Waals surface area (Å²) in [6, 6.07) is 0.291. The Morgan fingerprint density at radius 1 is 1.44 bits per heavy atom. The SMILES string of the molecule is CCCN1CCC(NC(=O)OC(C)C)CC1. The summed E-state index contributed by atoms with van der Waals surface area (Å²) in [6.07, 6.45) is 2.96. The van der Waals surface area contributed by atoms with E-state index >= 15 is 0 Å². The van der Waals surface area contributed by atoms with Crippen molar-refractivity contribution >= 4 is 6.09 Å². The maximum atomic E-state index is 11.4. The zero-order valence-corrected chi connectivity index (χ0v) is 10.7.